The van der Waals surface area contributed by atoms with E-state index < -0.39 is 5.91 Å². The van der Waals surface area contributed by atoms with E-state index in [0.717, 1.165) is 46.0 Å². The highest BCUT2D eigenvalue weighted by atomic mass is 32.2. The van der Waals surface area contributed by atoms with Crippen molar-refractivity contribution < 1.29 is 14.3 Å². The minimum Gasteiger partial charge on any atom is -0.497 e. The average Bonchev–Trinajstić information content (AvgIpc) is 3.39. The molecule has 1 aromatic heterocycles. The number of nitrogens with one attached hydrogen (secondary N) is 1. The Hall–Kier alpha value is -3.85. The molecule has 1 N–H and O–H groups in total. The topological polar surface area (TPSA) is 92.3 Å². The van der Waals surface area contributed by atoms with E-state index in [1.807, 2.05) is 55.6 Å². The van der Waals surface area contributed by atoms with Crippen LogP contribution in [0.3, 0.4) is 0 Å². The molecule has 1 amide bonds. The number of nitrogens with zero attached hydrogens (tertiary/aromatic N) is 4. The zero-order chi connectivity index (χ0) is 23.7. The van der Waals surface area contributed by atoms with Gasteiger partial charge in [0.05, 0.1) is 24.3 Å². The highest BCUT2D eigenvalue weighted by molar-refractivity contribution is 8.26. The summed E-state index contributed by atoms with van der Waals surface area (Å²) in [7, 11) is 1.63. The minimum absolute atomic E-state index is 0.0443. The van der Waals surface area contributed by atoms with Crippen molar-refractivity contribution in [3.63, 3.8) is 0 Å². The van der Waals surface area contributed by atoms with E-state index in [2.05, 4.69) is 20.7 Å². The molecule has 0 radical (unpaired) electrons. The molecule has 172 valence electrons. The number of rotatable bonds is 7. The first-order valence-corrected chi connectivity index (χ1v) is 11.7. The van der Waals surface area contributed by atoms with Gasteiger partial charge < -0.3 is 14.0 Å². The molecule has 3 heterocycles. The fraction of sp³-hybridized carbons (Fsp3) is 0.200. The summed E-state index contributed by atoms with van der Waals surface area (Å²) in [6, 6.07) is 15.6. The monoisotopic (exact) mass is 473 g/mol. The lowest BCUT2D eigenvalue weighted by atomic mass is 10.1. The van der Waals surface area contributed by atoms with Crippen molar-refractivity contribution in [3.8, 4) is 11.5 Å². The summed E-state index contributed by atoms with van der Waals surface area (Å²) in [4.78, 5) is 16.8. The molecule has 34 heavy (non-hydrogen) atoms. The summed E-state index contributed by atoms with van der Waals surface area (Å²) in [6.45, 7) is 3.13. The van der Waals surface area contributed by atoms with Crippen molar-refractivity contribution >= 4 is 50.7 Å². The average molecular weight is 474 g/mol. The molecule has 2 aliphatic rings. The number of methoxy groups -OCH3 is 1. The number of fused-ring (bicyclic) bond motifs is 2. The van der Waals surface area contributed by atoms with E-state index >= 15 is 0 Å². The second kappa shape index (κ2) is 9.18. The molecule has 0 spiro atoms. The summed E-state index contributed by atoms with van der Waals surface area (Å²) >= 11 is 1.30. The van der Waals surface area contributed by atoms with Crippen molar-refractivity contribution in [2.45, 2.75) is 19.9 Å². The van der Waals surface area contributed by atoms with Crippen LogP contribution >= 0.6 is 11.8 Å². The summed E-state index contributed by atoms with van der Waals surface area (Å²) in [5.41, 5.74) is 2.15. The van der Waals surface area contributed by atoms with Gasteiger partial charge in [0, 0.05) is 35.3 Å². The van der Waals surface area contributed by atoms with Crippen LogP contribution in [0.25, 0.3) is 17.0 Å². The predicted molar refractivity (Wildman–Crippen MR) is 136 cm³/mol. The Balaban J connectivity index is 1.36. The van der Waals surface area contributed by atoms with Gasteiger partial charge in [-0.3, -0.25) is 10.2 Å². The van der Waals surface area contributed by atoms with E-state index in [1.54, 1.807) is 13.2 Å². The quantitative estimate of drug-likeness (QED) is 0.395. The molecule has 0 aliphatic carbocycles. The molecule has 0 saturated carbocycles. The molecule has 0 fully saturated rings. The van der Waals surface area contributed by atoms with Crippen LogP contribution in [-0.4, -0.2) is 45.2 Å². The summed E-state index contributed by atoms with van der Waals surface area (Å²) in [5, 5.41) is 16.4. The lowest BCUT2D eigenvalue weighted by Crippen LogP contribution is -2.35. The number of aliphatic imine (C=N–C) groups is 1. The Morgan fingerprint density at radius 2 is 1.97 bits per heavy atom. The third kappa shape index (κ3) is 4.22. The van der Waals surface area contributed by atoms with Crippen LogP contribution in [0.1, 0.15) is 18.9 Å². The number of ether oxygens (including phenoxy) is 2. The molecule has 2 aromatic carbocycles. The summed E-state index contributed by atoms with van der Waals surface area (Å²) < 4.78 is 13.3. The number of aromatic nitrogens is 1. The van der Waals surface area contributed by atoms with Gasteiger partial charge in [0.1, 0.15) is 11.5 Å². The lowest BCUT2D eigenvalue weighted by molar-refractivity contribution is -0.114. The Labute approximate surface area is 201 Å². The van der Waals surface area contributed by atoms with Gasteiger partial charge in [0.2, 0.25) is 5.17 Å². The van der Waals surface area contributed by atoms with Crippen LogP contribution in [0.2, 0.25) is 0 Å². The van der Waals surface area contributed by atoms with Gasteiger partial charge in [-0.1, -0.05) is 24.3 Å². The second-order valence-electron chi connectivity index (χ2n) is 7.82. The van der Waals surface area contributed by atoms with E-state index in [9.17, 15) is 4.79 Å². The number of benzene rings is 2. The zero-order valence-electron chi connectivity index (χ0n) is 18.8. The molecule has 3 aromatic rings. The predicted octanol–water partition coefficient (Wildman–Crippen LogP) is 4.76. The Kier molecular flexibility index (Phi) is 5.93. The van der Waals surface area contributed by atoms with Crippen molar-refractivity contribution in [3.05, 3.63) is 65.9 Å². The number of hydrogen-bond donors (Lipinski definition) is 1. The number of amidine groups is 2. The molecule has 0 bridgehead atoms. The van der Waals surface area contributed by atoms with Gasteiger partial charge in [-0.25, -0.2) is 0 Å². The molecule has 0 unspecified atom stereocenters. The molecule has 2 aliphatic heterocycles. The number of amides is 1. The van der Waals surface area contributed by atoms with E-state index in [1.165, 1.54) is 16.8 Å². The molecular formula is C25H23N5O3S. The number of hydrazone groups is 1. The maximum atomic E-state index is 12.7. The Bertz CT molecular complexity index is 1390. The molecule has 5 rings (SSSR count). The minimum atomic E-state index is -0.419. The maximum absolute atomic E-state index is 12.7. The molecule has 0 saturated heterocycles. The van der Waals surface area contributed by atoms with Crippen molar-refractivity contribution in [1.82, 2.24) is 9.58 Å². The first-order valence-electron chi connectivity index (χ1n) is 10.8. The lowest BCUT2D eigenvalue weighted by Gasteiger charge is -2.20. The molecule has 0 atom stereocenters. The SMILES string of the molecule is COc1cccc(OCCCn2cc(/C=C3/C(=N)N4N=C(C)SC4=NC3=O)c3ccccc32)c1. The van der Waals surface area contributed by atoms with Crippen LogP contribution in [-0.2, 0) is 11.3 Å². The number of hydrogen-bond acceptors (Lipinski definition) is 6. The van der Waals surface area contributed by atoms with Crippen LogP contribution < -0.4 is 9.47 Å². The van der Waals surface area contributed by atoms with Gasteiger partial charge in [0.25, 0.3) is 5.91 Å². The standard InChI is InChI=1S/C25H23N5O3S/c1-16-28-30-23(26)21(24(31)27-25(30)34-16)13-17-15-29(22-10-4-3-9-20(17)22)11-6-12-33-19-8-5-7-18(14-19)32-2/h3-5,7-10,13-15,26H,6,11-12H2,1-2H3/b21-13-,26-23?. The first kappa shape index (κ1) is 22.0. The number of aryl methyl sites for hydroxylation is 1. The smallest absolute Gasteiger partial charge is 0.283 e. The Morgan fingerprint density at radius 3 is 2.82 bits per heavy atom. The fourth-order valence-electron chi connectivity index (χ4n) is 3.93. The number of thioether (sulfide) groups is 1. The van der Waals surface area contributed by atoms with Crippen LogP contribution in [0.5, 0.6) is 11.5 Å². The first-order chi connectivity index (χ1) is 16.5. The van der Waals surface area contributed by atoms with Crippen LogP contribution in [0, 0.1) is 5.41 Å². The summed E-state index contributed by atoms with van der Waals surface area (Å²) in [6.07, 6.45) is 4.55. The number of para-hydroxylation sites is 1. The number of carbonyl (C=O) groups excluding carboxylic acids is 1. The van der Waals surface area contributed by atoms with Crippen molar-refractivity contribution in [1.29, 1.82) is 5.41 Å². The van der Waals surface area contributed by atoms with Gasteiger partial charge in [0.15, 0.2) is 5.84 Å². The highest BCUT2D eigenvalue weighted by Crippen LogP contribution is 2.30. The van der Waals surface area contributed by atoms with Gasteiger partial charge in [-0.15, -0.1) is 0 Å². The molecule has 9 heteroatoms. The van der Waals surface area contributed by atoms with Crippen molar-refractivity contribution in [2.24, 2.45) is 10.1 Å². The van der Waals surface area contributed by atoms with Gasteiger partial charge in [-0.2, -0.15) is 15.1 Å². The normalized spacial score (nSPS) is 16.6. The largest absolute Gasteiger partial charge is 0.497 e. The van der Waals surface area contributed by atoms with Crippen LogP contribution in [0.4, 0.5) is 0 Å². The van der Waals surface area contributed by atoms with Gasteiger partial charge >= 0.3 is 0 Å². The molecular weight excluding hydrogens is 450 g/mol. The van der Waals surface area contributed by atoms with Crippen molar-refractivity contribution in [2.75, 3.05) is 13.7 Å². The van der Waals surface area contributed by atoms with E-state index in [-0.39, 0.29) is 11.4 Å². The third-order valence-electron chi connectivity index (χ3n) is 5.53. The highest BCUT2D eigenvalue weighted by Gasteiger charge is 2.34. The van der Waals surface area contributed by atoms with E-state index in [0.29, 0.717) is 11.8 Å². The fourth-order valence-corrected chi connectivity index (χ4v) is 4.67. The van der Waals surface area contributed by atoms with E-state index in [4.69, 9.17) is 14.9 Å². The van der Waals surface area contributed by atoms with Crippen LogP contribution in [0.15, 0.2) is 70.4 Å². The molecule has 8 nitrogen and oxygen atoms in total. The number of carbonyl (C=O) groups is 1. The zero-order valence-corrected chi connectivity index (χ0v) is 19.6. The Morgan fingerprint density at radius 1 is 1.15 bits per heavy atom. The maximum Gasteiger partial charge on any atom is 0.283 e. The summed E-state index contributed by atoms with van der Waals surface area (Å²) in [5.74, 6) is 1.16. The van der Waals surface area contributed by atoms with Gasteiger partial charge in [-0.05, 0) is 49.4 Å². The second-order valence-corrected chi connectivity index (χ2v) is 8.98. The third-order valence-corrected chi connectivity index (χ3v) is 6.35.